The number of carbonyl (C=O) groups is 1. The second-order valence-electron chi connectivity index (χ2n) is 6.88. The fraction of sp³-hybridized carbons (Fsp3) is 0.130. The number of amides is 1. The molecule has 0 bridgehead atoms. The number of aromatic amines is 1. The minimum atomic E-state index is -0.333. The number of rotatable bonds is 6. The summed E-state index contributed by atoms with van der Waals surface area (Å²) >= 11 is 0. The van der Waals surface area contributed by atoms with Crippen LogP contribution in [0.5, 0.6) is 5.75 Å². The number of carbonyl (C=O) groups excluding carboxylic acids is 1. The summed E-state index contributed by atoms with van der Waals surface area (Å²) in [5.41, 5.74) is 8.28. The van der Waals surface area contributed by atoms with E-state index in [0.29, 0.717) is 5.75 Å². The topological polar surface area (TPSA) is 79.6 Å². The zero-order valence-corrected chi connectivity index (χ0v) is 16.2. The number of furan rings is 1. The van der Waals surface area contributed by atoms with E-state index >= 15 is 0 Å². The number of hydrazone groups is 1. The second kappa shape index (κ2) is 8.06. The molecule has 0 saturated heterocycles. The lowest BCUT2D eigenvalue weighted by Crippen LogP contribution is -2.25. The van der Waals surface area contributed by atoms with Gasteiger partial charge < -0.3 is 14.1 Å². The Labute approximate surface area is 168 Å². The molecule has 4 rings (SSSR count). The van der Waals surface area contributed by atoms with E-state index in [-0.39, 0.29) is 12.5 Å². The Morgan fingerprint density at radius 1 is 1.21 bits per heavy atom. The average Bonchev–Trinajstić information content (AvgIpc) is 3.38. The fourth-order valence-electron chi connectivity index (χ4n) is 3.27. The van der Waals surface area contributed by atoms with Gasteiger partial charge in [-0.2, -0.15) is 5.10 Å². The maximum Gasteiger partial charge on any atom is 0.277 e. The molecule has 146 valence electrons. The molecule has 0 aliphatic carbocycles. The third-order valence-corrected chi connectivity index (χ3v) is 4.58. The Bertz CT molecular complexity index is 1170. The van der Waals surface area contributed by atoms with Crippen LogP contribution >= 0.6 is 0 Å². The van der Waals surface area contributed by atoms with Crippen LogP contribution in [-0.2, 0) is 4.79 Å². The average molecular weight is 387 g/mol. The lowest BCUT2D eigenvalue weighted by atomic mass is 10.0. The molecular weight excluding hydrogens is 366 g/mol. The molecule has 4 aromatic rings. The normalized spacial score (nSPS) is 11.2. The SMILES string of the molecule is Cc1cc(C)c(OCC(=O)N/N=C/c2ccc3cc[nH]c3c2)c(-c2ccoc2)c1. The highest BCUT2D eigenvalue weighted by Crippen LogP contribution is 2.34. The number of H-pyrrole nitrogens is 1. The van der Waals surface area contributed by atoms with Gasteiger partial charge in [0.15, 0.2) is 6.61 Å². The van der Waals surface area contributed by atoms with E-state index in [2.05, 4.69) is 15.5 Å². The van der Waals surface area contributed by atoms with Gasteiger partial charge in [0.1, 0.15) is 5.75 Å². The monoisotopic (exact) mass is 387 g/mol. The standard InChI is InChI=1S/C23H21N3O3/c1-15-9-16(2)23(20(10-15)19-6-8-28-13-19)29-14-22(27)26-25-12-17-3-4-18-5-7-24-21(18)11-17/h3-13,24H,14H2,1-2H3,(H,26,27)/b25-12+. The highest BCUT2D eigenvalue weighted by Gasteiger charge is 2.13. The minimum Gasteiger partial charge on any atom is -0.483 e. The Balaban J connectivity index is 1.41. The molecule has 2 aromatic heterocycles. The molecule has 0 fully saturated rings. The van der Waals surface area contributed by atoms with E-state index in [1.807, 2.05) is 62.5 Å². The molecule has 6 nitrogen and oxygen atoms in total. The molecule has 2 heterocycles. The summed E-state index contributed by atoms with van der Waals surface area (Å²) in [5, 5.41) is 5.15. The predicted molar refractivity (Wildman–Crippen MR) is 113 cm³/mol. The fourth-order valence-corrected chi connectivity index (χ4v) is 3.27. The van der Waals surface area contributed by atoms with Gasteiger partial charge in [-0.05, 0) is 60.2 Å². The van der Waals surface area contributed by atoms with Crippen molar-refractivity contribution in [1.82, 2.24) is 10.4 Å². The number of benzene rings is 2. The lowest BCUT2D eigenvalue weighted by Gasteiger charge is -2.14. The van der Waals surface area contributed by atoms with Crippen LogP contribution in [-0.4, -0.2) is 23.7 Å². The summed E-state index contributed by atoms with van der Waals surface area (Å²) in [6.07, 6.45) is 6.76. The summed E-state index contributed by atoms with van der Waals surface area (Å²) < 4.78 is 11.0. The van der Waals surface area contributed by atoms with E-state index in [0.717, 1.165) is 38.7 Å². The number of aryl methyl sites for hydroxylation is 2. The Hall–Kier alpha value is -3.80. The maximum absolute atomic E-state index is 12.2. The van der Waals surface area contributed by atoms with Crippen LogP contribution in [0.3, 0.4) is 0 Å². The largest absolute Gasteiger partial charge is 0.483 e. The lowest BCUT2D eigenvalue weighted by molar-refractivity contribution is -0.123. The summed E-state index contributed by atoms with van der Waals surface area (Å²) in [6.45, 7) is 3.84. The zero-order valence-electron chi connectivity index (χ0n) is 16.2. The van der Waals surface area contributed by atoms with Crippen LogP contribution < -0.4 is 10.2 Å². The first-order valence-electron chi connectivity index (χ1n) is 9.26. The number of fused-ring (bicyclic) bond motifs is 1. The number of ether oxygens (including phenoxy) is 1. The Morgan fingerprint density at radius 2 is 2.10 bits per heavy atom. The molecule has 0 spiro atoms. The number of hydrogen-bond donors (Lipinski definition) is 2. The van der Waals surface area contributed by atoms with Gasteiger partial charge >= 0.3 is 0 Å². The molecule has 0 saturated carbocycles. The molecule has 0 unspecified atom stereocenters. The molecule has 0 radical (unpaired) electrons. The van der Waals surface area contributed by atoms with Gasteiger partial charge in [-0.3, -0.25) is 4.79 Å². The first-order chi connectivity index (χ1) is 14.1. The minimum absolute atomic E-state index is 0.137. The predicted octanol–water partition coefficient (Wildman–Crippen LogP) is 4.57. The Kier molecular flexibility index (Phi) is 5.16. The summed E-state index contributed by atoms with van der Waals surface area (Å²) in [5.74, 6) is 0.327. The van der Waals surface area contributed by atoms with Crippen molar-refractivity contribution < 1.29 is 13.9 Å². The molecular formula is C23H21N3O3. The van der Waals surface area contributed by atoms with Crippen molar-refractivity contribution in [2.45, 2.75) is 13.8 Å². The first-order valence-corrected chi connectivity index (χ1v) is 9.26. The van der Waals surface area contributed by atoms with Gasteiger partial charge in [-0.25, -0.2) is 5.43 Å². The van der Waals surface area contributed by atoms with Crippen LogP contribution in [0, 0.1) is 13.8 Å². The molecule has 29 heavy (non-hydrogen) atoms. The van der Waals surface area contributed by atoms with Crippen LogP contribution in [0.15, 0.2) is 70.7 Å². The number of hydrogen-bond acceptors (Lipinski definition) is 4. The van der Waals surface area contributed by atoms with E-state index in [9.17, 15) is 4.79 Å². The molecule has 0 aliphatic rings. The van der Waals surface area contributed by atoms with Crippen LogP contribution in [0.1, 0.15) is 16.7 Å². The van der Waals surface area contributed by atoms with E-state index < -0.39 is 0 Å². The molecule has 2 N–H and O–H groups in total. The molecule has 0 atom stereocenters. The summed E-state index contributed by atoms with van der Waals surface area (Å²) in [6, 6.07) is 13.8. The third kappa shape index (κ3) is 4.21. The van der Waals surface area contributed by atoms with Crippen molar-refractivity contribution in [3.8, 4) is 16.9 Å². The summed E-state index contributed by atoms with van der Waals surface area (Å²) in [7, 11) is 0. The van der Waals surface area contributed by atoms with Crippen molar-refractivity contribution in [3.05, 3.63) is 77.9 Å². The zero-order chi connectivity index (χ0) is 20.2. The van der Waals surface area contributed by atoms with E-state index in [1.165, 1.54) is 0 Å². The van der Waals surface area contributed by atoms with Gasteiger partial charge in [-0.1, -0.05) is 18.2 Å². The van der Waals surface area contributed by atoms with Crippen LogP contribution in [0.25, 0.3) is 22.0 Å². The van der Waals surface area contributed by atoms with Gasteiger partial charge in [0.2, 0.25) is 0 Å². The first kappa shape index (κ1) is 18.6. The van der Waals surface area contributed by atoms with Crippen molar-refractivity contribution in [2.75, 3.05) is 6.61 Å². The van der Waals surface area contributed by atoms with Gasteiger partial charge in [-0.15, -0.1) is 0 Å². The second-order valence-corrected chi connectivity index (χ2v) is 6.88. The van der Waals surface area contributed by atoms with E-state index in [1.54, 1.807) is 18.7 Å². The molecule has 0 aliphatic heterocycles. The molecule has 2 aromatic carbocycles. The maximum atomic E-state index is 12.2. The molecule has 6 heteroatoms. The van der Waals surface area contributed by atoms with Crippen LogP contribution in [0.2, 0.25) is 0 Å². The Morgan fingerprint density at radius 3 is 2.93 bits per heavy atom. The van der Waals surface area contributed by atoms with Crippen molar-refractivity contribution in [2.24, 2.45) is 5.10 Å². The van der Waals surface area contributed by atoms with Crippen LogP contribution in [0.4, 0.5) is 0 Å². The van der Waals surface area contributed by atoms with E-state index in [4.69, 9.17) is 9.15 Å². The van der Waals surface area contributed by atoms with Crippen molar-refractivity contribution >= 4 is 23.0 Å². The van der Waals surface area contributed by atoms with Gasteiger partial charge in [0.25, 0.3) is 5.91 Å². The summed E-state index contributed by atoms with van der Waals surface area (Å²) in [4.78, 5) is 15.3. The van der Waals surface area contributed by atoms with Crippen molar-refractivity contribution in [3.63, 3.8) is 0 Å². The van der Waals surface area contributed by atoms with Gasteiger partial charge in [0, 0.05) is 22.8 Å². The highest BCUT2D eigenvalue weighted by molar-refractivity contribution is 5.89. The number of nitrogens with one attached hydrogen (secondary N) is 2. The van der Waals surface area contributed by atoms with Crippen molar-refractivity contribution in [1.29, 1.82) is 0 Å². The number of aromatic nitrogens is 1. The smallest absolute Gasteiger partial charge is 0.277 e. The quantitative estimate of drug-likeness (QED) is 0.376. The number of nitrogens with zero attached hydrogens (tertiary/aromatic N) is 1. The van der Waals surface area contributed by atoms with Gasteiger partial charge in [0.05, 0.1) is 18.7 Å². The molecule has 1 amide bonds. The highest BCUT2D eigenvalue weighted by atomic mass is 16.5. The third-order valence-electron chi connectivity index (χ3n) is 4.58.